The van der Waals surface area contributed by atoms with Crippen LogP contribution in [0.3, 0.4) is 0 Å². The Morgan fingerprint density at radius 3 is 3.05 bits per heavy atom. The van der Waals surface area contributed by atoms with Gasteiger partial charge in [-0.1, -0.05) is 17.3 Å². The standard InChI is InChI=1S/C13H17N5O/c19-13-11-4-1-2-5-12(11)15-16-18(13)10-17-8-3-6-14-7-9-17/h1-2,4-5,14H,3,6-10H2. The average Bonchev–Trinajstić information content (AvgIpc) is 2.71. The lowest BCUT2D eigenvalue weighted by atomic mass is 10.2. The van der Waals surface area contributed by atoms with E-state index < -0.39 is 0 Å². The van der Waals surface area contributed by atoms with E-state index in [0.717, 1.165) is 32.6 Å². The molecule has 1 saturated heterocycles. The van der Waals surface area contributed by atoms with Gasteiger partial charge < -0.3 is 5.32 Å². The average molecular weight is 259 g/mol. The second-order valence-electron chi connectivity index (χ2n) is 4.77. The van der Waals surface area contributed by atoms with E-state index >= 15 is 0 Å². The minimum Gasteiger partial charge on any atom is -0.315 e. The molecule has 6 heteroatoms. The largest absolute Gasteiger partial charge is 0.315 e. The summed E-state index contributed by atoms with van der Waals surface area (Å²) in [6, 6.07) is 7.32. The first kappa shape index (κ1) is 12.3. The zero-order valence-electron chi connectivity index (χ0n) is 10.7. The summed E-state index contributed by atoms with van der Waals surface area (Å²) in [5.74, 6) is 0. The molecule has 0 radical (unpaired) electrons. The highest BCUT2D eigenvalue weighted by Crippen LogP contribution is 2.04. The zero-order valence-corrected chi connectivity index (χ0v) is 10.7. The maximum Gasteiger partial charge on any atom is 0.278 e. The molecule has 0 bridgehead atoms. The van der Waals surface area contributed by atoms with Gasteiger partial charge in [0.25, 0.3) is 5.56 Å². The molecule has 1 fully saturated rings. The smallest absolute Gasteiger partial charge is 0.278 e. The molecular weight excluding hydrogens is 242 g/mol. The van der Waals surface area contributed by atoms with E-state index in [9.17, 15) is 4.79 Å². The Hall–Kier alpha value is -1.79. The summed E-state index contributed by atoms with van der Waals surface area (Å²) in [4.78, 5) is 14.5. The molecule has 1 aliphatic rings. The molecule has 100 valence electrons. The predicted molar refractivity (Wildman–Crippen MR) is 72.9 cm³/mol. The SMILES string of the molecule is O=c1c2ccccc2nnn1CN1CCCNCC1. The van der Waals surface area contributed by atoms with Gasteiger partial charge in [-0.2, -0.15) is 4.68 Å². The van der Waals surface area contributed by atoms with Crippen molar-refractivity contribution in [2.75, 3.05) is 26.2 Å². The molecule has 1 aromatic carbocycles. The summed E-state index contributed by atoms with van der Waals surface area (Å²) in [6.07, 6.45) is 1.09. The van der Waals surface area contributed by atoms with Crippen LogP contribution in [-0.2, 0) is 6.67 Å². The van der Waals surface area contributed by atoms with Gasteiger partial charge in [-0.05, 0) is 25.1 Å². The molecule has 1 aliphatic heterocycles. The van der Waals surface area contributed by atoms with Crippen LogP contribution in [0.2, 0.25) is 0 Å². The quantitative estimate of drug-likeness (QED) is 0.825. The summed E-state index contributed by atoms with van der Waals surface area (Å²) in [5.41, 5.74) is 0.587. The molecule has 0 amide bonds. The van der Waals surface area contributed by atoms with Crippen LogP contribution in [0.25, 0.3) is 10.9 Å². The number of hydrogen-bond donors (Lipinski definition) is 1. The molecular formula is C13H17N5O. The second kappa shape index (κ2) is 5.46. The lowest BCUT2D eigenvalue weighted by Crippen LogP contribution is -2.36. The highest BCUT2D eigenvalue weighted by Gasteiger charge is 2.11. The van der Waals surface area contributed by atoms with Crippen LogP contribution in [0.1, 0.15) is 6.42 Å². The van der Waals surface area contributed by atoms with Crippen LogP contribution in [0.4, 0.5) is 0 Å². The molecule has 0 spiro atoms. The summed E-state index contributed by atoms with van der Waals surface area (Å²) in [5, 5.41) is 12.1. The lowest BCUT2D eigenvalue weighted by Gasteiger charge is -2.19. The van der Waals surface area contributed by atoms with Gasteiger partial charge in [0.1, 0.15) is 5.52 Å². The number of fused-ring (bicyclic) bond motifs is 1. The van der Waals surface area contributed by atoms with Crippen molar-refractivity contribution in [3.63, 3.8) is 0 Å². The van der Waals surface area contributed by atoms with Crippen molar-refractivity contribution in [3.8, 4) is 0 Å². The van der Waals surface area contributed by atoms with Gasteiger partial charge >= 0.3 is 0 Å². The predicted octanol–water partition coefficient (Wildman–Crippen LogP) is 0.0443. The minimum absolute atomic E-state index is 0.0668. The first-order chi connectivity index (χ1) is 9.34. The Labute approximate surface area is 111 Å². The fourth-order valence-corrected chi connectivity index (χ4v) is 2.35. The van der Waals surface area contributed by atoms with Crippen LogP contribution < -0.4 is 10.9 Å². The monoisotopic (exact) mass is 259 g/mol. The summed E-state index contributed by atoms with van der Waals surface area (Å²) in [6.45, 7) is 4.41. The number of benzene rings is 1. The number of nitrogens with zero attached hydrogens (tertiary/aromatic N) is 4. The van der Waals surface area contributed by atoms with Crippen LogP contribution in [0.5, 0.6) is 0 Å². The highest BCUT2D eigenvalue weighted by atomic mass is 16.1. The maximum absolute atomic E-state index is 12.3. The van der Waals surface area contributed by atoms with Crippen LogP contribution in [0, 0.1) is 0 Å². The molecule has 6 nitrogen and oxygen atoms in total. The highest BCUT2D eigenvalue weighted by molar-refractivity contribution is 5.76. The molecule has 0 aliphatic carbocycles. The van der Waals surface area contributed by atoms with Crippen molar-refractivity contribution < 1.29 is 0 Å². The van der Waals surface area contributed by atoms with Gasteiger partial charge in [-0.15, -0.1) is 5.10 Å². The summed E-state index contributed by atoms with van der Waals surface area (Å²) >= 11 is 0. The third-order valence-electron chi connectivity index (χ3n) is 3.40. The Bertz CT molecular complexity index is 616. The van der Waals surface area contributed by atoms with E-state index in [4.69, 9.17) is 0 Å². The van der Waals surface area contributed by atoms with Crippen molar-refractivity contribution in [1.29, 1.82) is 0 Å². The number of rotatable bonds is 2. The third kappa shape index (κ3) is 2.64. The zero-order chi connectivity index (χ0) is 13.1. The molecule has 2 heterocycles. The van der Waals surface area contributed by atoms with Crippen LogP contribution in [-0.4, -0.2) is 46.1 Å². The van der Waals surface area contributed by atoms with Crippen LogP contribution in [0.15, 0.2) is 29.1 Å². The van der Waals surface area contributed by atoms with E-state index in [1.165, 1.54) is 4.68 Å². The van der Waals surface area contributed by atoms with Crippen molar-refractivity contribution in [3.05, 3.63) is 34.6 Å². The Kier molecular flexibility index (Phi) is 3.52. The van der Waals surface area contributed by atoms with Gasteiger partial charge in [0.05, 0.1) is 12.1 Å². The van der Waals surface area contributed by atoms with Gasteiger partial charge in [0, 0.05) is 19.6 Å². The maximum atomic E-state index is 12.3. The second-order valence-corrected chi connectivity index (χ2v) is 4.77. The van der Waals surface area contributed by atoms with Crippen LogP contribution >= 0.6 is 0 Å². The number of nitrogens with one attached hydrogen (secondary N) is 1. The molecule has 1 aromatic heterocycles. The Morgan fingerprint density at radius 2 is 2.11 bits per heavy atom. The van der Waals surface area contributed by atoms with Crippen molar-refractivity contribution in [2.24, 2.45) is 0 Å². The van der Waals surface area contributed by atoms with Crippen molar-refractivity contribution >= 4 is 10.9 Å². The molecule has 19 heavy (non-hydrogen) atoms. The van der Waals surface area contributed by atoms with Gasteiger partial charge in [-0.25, -0.2) is 0 Å². The van der Waals surface area contributed by atoms with E-state index in [1.54, 1.807) is 6.07 Å². The van der Waals surface area contributed by atoms with E-state index in [2.05, 4.69) is 20.5 Å². The van der Waals surface area contributed by atoms with E-state index in [1.807, 2.05) is 18.2 Å². The van der Waals surface area contributed by atoms with Gasteiger partial charge in [0.2, 0.25) is 0 Å². The molecule has 1 N–H and O–H groups in total. The molecule has 0 unspecified atom stereocenters. The number of hydrogen-bond acceptors (Lipinski definition) is 5. The molecule has 0 saturated carbocycles. The normalized spacial score (nSPS) is 17.5. The van der Waals surface area contributed by atoms with Crippen molar-refractivity contribution in [2.45, 2.75) is 13.1 Å². The fourth-order valence-electron chi connectivity index (χ4n) is 2.35. The minimum atomic E-state index is -0.0668. The van der Waals surface area contributed by atoms with E-state index in [-0.39, 0.29) is 5.56 Å². The van der Waals surface area contributed by atoms with Gasteiger partial charge in [0.15, 0.2) is 0 Å². The topological polar surface area (TPSA) is 63.1 Å². The number of aromatic nitrogens is 3. The molecule has 0 atom stereocenters. The summed E-state index contributed by atoms with van der Waals surface area (Å²) < 4.78 is 1.45. The summed E-state index contributed by atoms with van der Waals surface area (Å²) in [7, 11) is 0. The molecule has 3 rings (SSSR count). The Balaban J connectivity index is 1.88. The lowest BCUT2D eigenvalue weighted by molar-refractivity contribution is 0.212. The first-order valence-corrected chi connectivity index (χ1v) is 6.60. The third-order valence-corrected chi connectivity index (χ3v) is 3.40. The molecule has 2 aromatic rings. The van der Waals surface area contributed by atoms with Gasteiger partial charge in [-0.3, -0.25) is 9.69 Å². The fraction of sp³-hybridized carbons (Fsp3) is 0.462. The first-order valence-electron chi connectivity index (χ1n) is 6.60. The van der Waals surface area contributed by atoms with Crippen molar-refractivity contribution in [1.82, 2.24) is 25.2 Å². The van der Waals surface area contributed by atoms with E-state index in [0.29, 0.717) is 17.6 Å². The Morgan fingerprint density at radius 1 is 1.21 bits per heavy atom.